The number of nitrogens with zero attached hydrogens (tertiary/aromatic N) is 2. The molecule has 1 unspecified atom stereocenters. The Kier molecular flexibility index (Phi) is 4.34. The quantitative estimate of drug-likeness (QED) is 0.772. The van der Waals surface area contributed by atoms with Gasteiger partial charge in [0.15, 0.2) is 0 Å². The van der Waals surface area contributed by atoms with E-state index in [9.17, 15) is 8.42 Å². The van der Waals surface area contributed by atoms with Crippen LogP contribution in [0.15, 0.2) is 58.4 Å². The number of benzene rings is 1. The topological polar surface area (TPSA) is 64.0 Å². The van der Waals surface area contributed by atoms with Gasteiger partial charge in [-0.2, -0.15) is 4.72 Å². The van der Waals surface area contributed by atoms with Crippen molar-refractivity contribution in [3.8, 4) is 0 Å². The van der Waals surface area contributed by atoms with Crippen LogP contribution in [0.1, 0.15) is 23.0 Å². The largest absolute Gasteiger partial charge is 0.336 e. The van der Waals surface area contributed by atoms with Crippen molar-refractivity contribution in [2.45, 2.75) is 17.2 Å². The third-order valence-corrected chi connectivity index (χ3v) is 6.47. The molecular weight excluding hydrogens is 330 g/mol. The molecule has 0 fully saturated rings. The molecule has 23 heavy (non-hydrogen) atoms. The summed E-state index contributed by atoms with van der Waals surface area (Å²) in [6, 6.07) is 10.5. The molecule has 0 aliphatic rings. The van der Waals surface area contributed by atoms with Gasteiger partial charge in [0.1, 0.15) is 16.1 Å². The summed E-state index contributed by atoms with van der Waals surface area (Å²) in [7, 11) is -1.75. The van der Waals surface area contributed by atoms with Crippen LogP contribution in [0.25, 0.3) is 0 Å². The molecule has 1 N–H and O–H groups in total. The Bertz CT molecular complexity index is 899. The summed E-state index contributed by atoms with van der Waals surface area (Å²) < 4.78 is 30.2. The maximum absolute atomic E-state index is 12.7. The molecule has 0 bridgehead atoms. The first-order chi connectivity index (χ1) is 11.0. The van der Waals surface area contributed by atoms with Crippen LogP contribution >= 0.6 is 11.3 Å². The van der Waals surface area contributed by atoms with Crippen molar-refractivity contribution in [1.82, 2.24) is 14.3 Å². The fourth-order valence-corrected chi connectivity index (χ4v) is 4.63. The number of thiophene rings is 1. The lowest BCUT2D eigenvalue weighted by atomic mass is 10.0. The van der Waals surface area contributed by atoms with Gasteiger partial charge < -0.3 is 4.57 Å². The number of nitrogens with one attached hydrogen (secondary N) is 1. The number of aryl methyl sites for hydroxylation is 2. The Morgan fingerprint density at radius 3 is 2.61 bits per heavy atom. The van der Waals surface area contributed by atoms with Gasteiger partial charge in [0.05, 0.1) is 0 Å². The van der Waals surface area contributed by atoms with Crippen molar-refractivity contribution < 1.29 is 8.42 Å². The van der Waals surface area contributed by atoms with E-state index in [4.69, 9.17) is 0 Å². The Balaban J connectivity index is 2.07. The van der Waals surface area contributed by atoms with E-state index in [0.717, 1.165) is 11.1 Å². The number of imidazole rings is 1. The Labute approximate surface area is 139 Å². The fraction of sp³-hybridized carbons (Fsp3) is 0.188. The van der Waals surface area contributed by atoms with Crippen molar-refractivity contribution in [2.75, 3.05) is 0 Å². The minimum atomic E-state index is -3.61. The molecule has 0 saturated heterocycles. The average Bonchev–Trinajstić information content (AvgIpc) is 3.17. The summed E-state index contributed by atoms with van der Waals surface area (Å²) in [6.07, 6.45) is 3.47. The molecule has 2 aromatic heterocycles. The van der Waals surface area contributed by atoms with E-state index in [1.165, 1.54) is 11.3 Å². The van der Waals surface area contributed by atoms with E-state index in [0.29, 0.717) is 10.0 Å². The number of rotatable bonds is 5. The van der Waals surface area contributed by atoms with Gasteiger partial charge in [0.2, 0.25) is 0 Å². The monoisotopic (exact) mass is 347 g/mol. The molecule has 0 spiro atoms. The molecule has 0 radical (unpaired) electrons. The molecule has 3 aromatic rings. The molecule has 0 aliphatic heterocycles. The lowest BCUT2D eigenvalue weighted by Gasteiger charge is -2.20. The Hall–Kier alpha value is -1.96. The van der Waals surface area contributed by atoms with E-state index < -0.39 is 16.1 Å². The second kappa shape index (κ2) is 6.27. The highest BCUT2D eigenvalue weighted by Crippen LogP contribution is 2.26. The van der Waals surface area contributed by atoms with Gasteiger partial charge in [0.25, 0.3) is 10.0 Å². The van der Waals surface area contributed by atoms with Crippen LogP contribution < -0.4 is 4.72 Å². The van der Waals surface area contributed by atoms with E-state index in [1.54, 1.807) is 29.9 Å². The van der Waals surface area contributed by atoms with Gasteiger partial charge >= 0.3 is 0 Å². The first-order valence-electron chi connectivity index (χ1n) is 7.07. The van der Waals surface area contributed by atoms with Crippen LogP contribution in [0.4, 0.5) is 0 Å². The smallest absolute Gasteiger partial charge is 0.251 e. The van der Waals surface area contributed by atoms with Crippen LogP contribution in [-0.2, 0) is 17.1 Å². The molecule has 120 valence electrons. The van der Waals surface area contributed by atoms with Crippen LogP contribution in [0, 0.1) is 6.92 Å². The van der Waals surface area contributed by atoms with Gasteiger partial charge in [-0.3, -0.25) is 0 Å². The van der Waals surface area contributed by atoms with Crippen molar-refractivity contribution in [3.05, 3.63) is 71.1 Å². The Morgan fingerprint density at radius 2 is 2.00 bits per heavy atom. The number of sulfonamides is 1. The average molecular weight is 347 g/mol. The summed E-state index contributed by atoms with van der Waals surface area (Å²) in [5.74, 6) is 0.652. The molecule has 7 heteroatoms. The summed E-state index contributed by atoms with van der Waals surface area (Å²) >= 11 is 1.20. The summed E-state index contributed by atoms with van der Waals surface area (Å²) in [5.41, 5.74) is 1.90. The second-order valence-corrected chi connectivity index (χ2v) is 8.13. The standard InChI is InChI=1S/C16H17N3O2S2/c1-12-6-3-4-7-13(12)15(16-17-9-10-19(16)2)18-23(20,21)14-8-5-11-22-14/h3-11,15,18H,1-2H3. The molecule has 5 nitrogen and oxygen atoms in total. The van der Waals surface area contributed by atoms with Gasteiger partial charge in [-0.25, -0.2) is 13.4 Å². The minimum Gasteiger partial charge on any atom is -0.336 e. The van der Waals surface area contributed by atoms with E-state index in [-0.39, 0.29) is 0 Å². The third kappa shape index (κ3) is 3.21. The second-order valence-electron chi connectivity index (χ2n) is 5.24. The van der Waals surface area contributed by atoms with Crippen molar-refractivity contribution >= 4 is 21.4 Å². The highest BCUT2D eigenvalue weighted by molar-refractivity contribution is 7.91. The van der Waals surface area contributed by atoms with Crippen LogP contribution in [-0.4, -0.2) is 18.0 Å². The maximum atomic E-state index is 12.7. The summed E-state index contributed by atoms with van der Waals surface area (Å²) in [6.45, 7) is 1.96. The lowest BCUT2D eigenvalue weighted by Crippen LogP contribution is -2.31. The van der Waals surface area contributed by atoms with Gasteiger partial charge in [-0.05, 0) is 29.5 Å². The third-order valence-electron chi connectivity index (χ3n) is 3.65. The van der Waals surface area contributed by atoms with Gasteiger partial charge in [-0.1, -0.05) is 30.3 Å². The van der Waals surface area contributed by atoms with Gasteiger partial charge in [0, 0.05) is 19.4 Å². The summed E-state index contributed by atoms with van der Waals surface area (Å²) in [5, 5.41) is 1.75. The molecule has 2 heterocycles. The van der Waals surface area contributed by atoms with Crippen molar-refractivity contribution in [1.29, 1.82) is 0 Å². The predicted octanol–water partition coefficient (Wildman–Crippen LogP) is 2.86. The van der Waals surface area contributed by atoms with Crippen LogP contribution in [0.5, 0.6) is 0 Å². The van der Waals surface area contributed by atoms with Crippen LogP contribution in [0.3, 0.4) is 0 Å². The van der Waals surface area contributed by atoms with E-state index >= 15 is 0 Å². The van der Waals surface area contributed by atoms with Gasteiger partial charge in [-0.15, -0.1) is 11.3 Å². The first kappa shape index (κ1) is 15.9. The Morgan fingerprint density at radius 1 is 1.22 bits per heavy atom. The molecular formula is C16H17N3O2S2. The lowest BCUT2D eigenvalue weighted by molar-refractivity contribution is 0.564. The predicted molar refractivity (Wildman–Crippen MR) is 90.9 cm³/mol. The van der Waals surface area contributed by atoms with Crippen LogP contribution in [0.2, 0.25) is 0 Å². The first-order valence-corrected chi connectivity index (χ1v) is 9.44. The molecule has 1 aromatic carbocycles. The minimum absolute atomic E-state index is 0.297. The van der Waals surface area contributed by atoms with E-state index in [2.05, 4.69) is 9.71 Å². The number of hydrogen-bond acceptors (Lipinski definition) is 4. The summed E-state index contributed by atoms with van der Waals surface area (Å²) in [4.78, 5) is 4.34. The number of aromatic nitrogens is 2. The zero-order chi connectivity index (χ0) is 16.4. The molecule has 0 saturated carbocycles. The fourth-order valence-electron chi connectivity index (χ4n) is 2.45. The molecule has 0 aliphatic carbocycles. The zero-order valence-corrected chi connectivity index (χ0v) is 14.4. The highest BCUT2D eigenvalue weighted by Gasteiger charge is 2.27. The highest BCUT2D eigenvalue weighted by atomic mass is 32.2. The van der Waals surface area contributed by atoms with Crippen molar-refractivity contribution in [2.24, 2.45) is 7.05 Å². The normalized spacial score (nSPS) is 13.1. The zero-order valence-electron chi connectivity index (χ0n) is 12.8. The molecule has 1 atom stereocenters. The number of hydrogen-bond donors (Lipinski definition) is 1. The van der Waals surface area contributed by atoms with E-state index in [1.807, 2.05) is 42.8 Å². The molecule has 3 rings (SSSR count). The van der Waals surface area contributed by atoms with Crippen molar-refractivity contribution in [3.63, 3.8) is 0 Å². The molecule has 0 amide bonds. The maximum Gasteiger partial charge on any atom is 0.251 e. The SMILES string of the molecule is Cc1ccccc1C(NS(=O)(=O)c1cccs1)c1nccn1C.